The highest BCUT2D eigenvalue weighted by Gasteiger charge is 2.18. The molecule has 1 rings (SSSR count). The summed E-state index contributed by atoms with van der Waals surface area (Å²) in [4.78, 5) is 0. The monoisotopic (exact) mass is 171 g/mol. The molecular weight excluding hydrogens is 154 g/mol. The van der Waals surface area contributed by atoms with Crippen molar-refractivity contribution >= 4 is 5.84 Å². The van der Waals surface area contributed by atoms with Gasteiger partial charge in [-0.05, 0) is 32.9 Å². The van der Waals surface area contributed by atoms with Crippen LogP contribution in [-0.2, 0) is 0 Å². The molecule has 1 saturated heterocycles. The van der Waals surface area contributed by atoms with Crippen LogP contribution in [0.4, 0.5) is 0 Å². The summed E-state index contributed by atoms with van der Waals surface area (Å²) >= 11 is 0. The second-order valence-electron chi connectivity index (χ2n) is 3.06. The van der Waals surface area contributed by atoms with Gasteiger partial charge in [0.1, 0.15) is 5.84 Å². The summed E-state index contributed by atoms with van der Waals surface area (Å²) < 4.78 is 0. The van der Waals surface area contributed by atoms with Crippen LogP contribution < -0.4 is 17.0 Å². The number of hydrogen-bond donors (Lipinski definition) is 3. The smallest absolute Gasteiger partial charge is 0.135 e. The zero-order chi connectivity index (χ0) is 8.97. The van der Waals surface area contributed by atoms with Gasteiger partial charge in [0.2, 0.25) is 0 Å². The summed E-state index contributed by atoms with van der Waals surface area (Å²) in [5.41, 5.74) is 0. The minimum absolute atomic E-state index is 0.388. The van der Waals surface area contributed by atoms with Crippen molar-refractivity contribution in [3.05, 3.63) is 0 Å². The fraction of sp³-hybridized carbons (Fsp3) is 0.857. The number of hydrazone groups is 1. The minimum Gasteiger partial charge on any atom is -0.322 e. The highest BCUT2D eigenvalue weighted by Crippen LogP contribution is 2.08. The van der Waals surface area contributed by atoms with Crippen LogP contribution in [0.3, 0.4) is 0 Å². The lowest BCUT2D eigenvalue weighted by atomic mass is 10.1. The number of rotatable bonds is 1. The van der Waals surface area contributed by atoms with E-state index in [2.05, 4.69) is 10.4 Å². The molecule has 0 bridgehead atoms. The van der Waals surface area contributed by atoms with Crippen molar-refractivity contribution in [2.75, 3.05) is 13.1 Å². The molecule has 1 fully saturated rings. The Morgan fingerprint density at radius 1 is 1.50 bits per heavy atom. The number of nitrogens with zero attached hydrogens (tertiary/aromatic N) is 2. The van der Waals surface area contributed by atoms with E-state index in [0.29, 0.717) is 11.9 Å². The molecule has 0 radical (unpaired) electrons. The maximum atomic E-state index is 5.80. The second kappa shape index (κ2) is 4.27. The van der Waals surface area contributed by atoms with Gasteiger partial charge in [0.25, 0.3) is 0 Å². The zero-order valence-electron chi connectivity index (χ0n) is 7.45. The van der Waals surface area contributed by atoms with Crippen molar-refractivity contribution in [3.63, 3.8) is 0 Å². The van der Waals surface area contributed by atoms with Gasteiger partial charge in [-0.1, -0.05) is 0 Å². The molecular formula is C7H17N5. The van der Waals surface area contributed by atoms with E-state index in [9.17, 15) is 0 Å². The molecule has 0 saturated carbocycles. The molecule has 0 atom stereocenters. The molecule has 5 N–H and O–H groups in total. The molecule has 1 heterocycles. The molecule has 0 aromatic carbocycles. The van der Waals surface area contributed by atoms with Gasteiger partial charge >= 0.3 is 0 Å². The average molecular weight is 171 g/mol. The van der Waals surface area contributed by atoms with Crippen LogP contribution in [0.5, 0.6) is 0 Å². The molecule has 0 aromatic rings. The first-order chi connectivity index (χ1) is 5.75. The number of piperidine rings is 1. The summed E-state index contributed by atoms with van der Waals surface area (Å²) in [7, 11) is 0. The van der Waals surface area contributed by atoms with Gasteiger partial charge in [-0.15, -0.1) is 0 Å². The quantitative estimate of drug-likeness (QED) is 0.209. The molecule has 0 aromatic heterocycles. The number of hydrazine groups is 1. The first-order valence-corrected chi connectivity index (χ1v) is 4.25. The van der Waals surface area contributed by atoms with Crippen molar-refractivity contribution in [1.29, 1.82) is 0 Å². The lowest BCUT2D eigenvalue weighted by molar-refractivity contribution is 0.256. The summed E-state index contributed by atoms with van der Waals surface area (Å²) in [5, 5.41) is 8.50. The van der Waals surface area contributed by atoms with Crippen molar-refractivity contribution < 1.29 is 0 Å². The fourth-order valence-electron chi connectivity index (χ4n) is 1.42. The van der Waals surface area contributed by atoms with Crippen LogP contribution in [0.25, 0.3) is 0 Å². The van der Waals surface area contributed by atoms with E-state index in [1.807, 2.05) is 6.92 Å². The third kappa shape index (κ3) is 2.09. The van der Waals surface area contributed by atoms with E-state index in [-0.39, 0.29) is 0 Å². The predicted molar refractivity (Wildman–Crippen MR) is 49.2 cm³/mol. The van der Waals surface area contributed by atoms with Gasteiger partial charge < -0.3 is 11.2 Å². The summed E-state index contributed by atoms with van der Waals surface area (Å²) in [6.45, 7) is 3.87. The highest BCUT2D eigenvalue weighted by atomic mass is 15.5. The van der Waals surface area contributed by atoms with Crippen LogP contribution in [-0.4, -0.2) is 30.0 Å². The third-order valence-corrected chi connectivity index (χ3v) is 2.26. The molecule has 0 unspecified atom stereocenters. The topological polar surface area (TPSA) is 79.7 Å². The van der Waals surface area contributed by atoms with Crippen LogP contribution >= 0.6 is 0 Å². The maximum absolute atomic E-state index is 5.80. The minimum atomic E-state index is 0.388. The van der Waals surface area contributed by atoms with E-state index in [0.717, 1.165) is 25.9 Å². The third-order valence-electron chi connectivity index (χ3n) is 2.26. The molecule has 0 spiro atoms. The van der Waals surface area contributed by atoms with E-state index in [1.54, 1.807) is 5.01 Å². The molecule has 5 nitrogen and oxygen atoms in total. The van der Waals surface area contributed by atoms with E-state index in [4.69, 9.17) is 11.7 Å². The lowest BCUT2D eigenvalue weighted by Crippen LogP contribution is -2.49. The van der Waals surface area contributed by atoms with E-state index < -0.39 is 0 Å². The van der Waals surface area contributed by atoms with E-state index in [1.165, 1.54) is 0 Å². The Balaban J connectivity index is 2.44. The Morgan fingerprint density at radius 2 is 2.08 bits per heavy atom. The molecule has 1 aliphatic rings. The number of hydrogen-bond acceptors (Lipinski definition) is 4. The van der Waals surface area contributed by atoms with Gasteiger partial charge in [0.05, 0.1) is 0 Å². The Hall–Kier alpha value is -0.810. The van der Waals surface area contributed by atoms with E-state index >= 15 is 0 Å². The Bertz CT molecular complexity index is 161. The second-order valence-corrected chi connectivity index (χ2v) is 3.06. The van der Waals surface area contributed by atoms with Gasteiger partial charge in [-0.25, -0.2) is 5.84 Å². The van der Waals surface area contributed by atoms with Crippen molar-refractivity contribution in [3.8, 4) is 0 Å². The van der Waals surface area contributed by atoms with Crippen LogP contribution in [0, 0.1) is 0 Å². The maximum Gasteiger partial charge on any atom is 0.135 e. The molecule has 12 heavy (non-hydrogen) atoms. The molecule has 5 heteroatoms. The van der Waals surface area contributed by atoms with Crippen LogP contribution in [0.15, 0.2) is 5.10 Å². The number of nitrogens with one attached hydrogen (secondary N) is 1. The van der Waals surface area contributed by atoms with Crippen molar-refractivity contribution in [2.45, 2.75) is 25.8 Å². The zero-order valence-corrected chi connectivity index (χ0v) is 7.45. The molecule has 70 valence electrons. The number of amidine groups is 1. The Kier molecular flexibility index (Phi) is 3.31. The Labute approximate surface area is 72.7 Å². The average Bonchev–Trinajstić information content (AvgIpc) is 2.17. The fourth-order valence-corrected chi connectivity index (χ4v) is 1.42. The van der Waals surface area contributed by atoms with Crippen LogP contribution in [0.1, 0.15) is 19.8 Å². The van der Waals surface area contributed by atoms with Gasteiger partial charge in [-0.2, -0.15) is 5.10 Å². The summed E-state index contributed by atoms with van der Waals surface area (Å²) in [6, 6.07) is 0.388. The predicted octanol–water partition coefficient (Wildman–Crippen LogP) is -0.794. The first-order valence-electron chi connectivity index (χ1n) is 4.25. The number of nitrogens with two attached hydrogens (primary N) is 2. The molecule has 0 amide bonds. The Morgan fingerprint density at radius 3 is 2.58 bits per heavy atom. The van der Waals surface area contributed by atoms with Crippen LogP contribution in [0.2, 0.25) is 0 Å². The highest BCUT2D eigenvalue weighted by molar-refractivity contribution is 5.79. The standard InChI is InChI=1S/C7H17N5/c1-6(11-8)12(9)7-2-4-10-5-3-7/h7,10H,2-5,8-9H2,1H3/b11-6-. The SMILES string of the molecule is C/C(=N/N)N(N)C1CCNCC1. The van der Waals surface area contributed by atoms with Gasteiger partial charge in [0.15, 0.2) is 0 Å². The van der Waals surface area contributed by atoms with Gasteiger partial charge in [0, 0.05) is 6.04 Å². The first kappa shape index (κ1) is 9.28. The molecule has 0 aliphatic carbocycles. The van der Waals surface area contributed by atoms with Crippen molar-refractivity contribution in [2.24, 2.45) is 16.8 Å². The summed E-state index contributed by atoms with van der Waals surface area (Å²) in [5.74, 6) is 11.6. The normalized spacial score (nSPS) is 21.0. The summed E-state index contributed by atoms with van der Waals surface area (Å²) in [6.07, 6.45) is 2.12. The van der Waals surface area contributed by atoms with Gasteiger partial charge in [-0.3, -0.25) is 5.01 Å². The molecule has 1 aliphatic heterocycles. The van der Waals surface area contributed by atoms with Crippen molar-refractivity contribution in [1.82, 2.24) is 10.3 Å². The largest absolute Gasteiger partial charge is 0.322 e. The lowest BCUT2D eigenvalue weighted by Gasteiger charge is -2.31.